The van der Waals surface area contributed by atoms with E-state index >= 15 is 0 Å². The molecule has 6 heteroatoms. The molecule has 4 nitrogen and oxygen atoms in total. The Balaban J connectivity index is 2.24. The first-order chi connectivity index (χ1) is 10.9. The van der Waals surface area contributed by atoms with Crippen LogP contribution in [0.5, 0.6) is 0 Å². The maximum atomic E-state index is 12.6. The molecule has 2 rings (SSSR count). The van der Waals surface area contributed by atoms with E-state index in [4.69, 9.17) is 11.6 Å². The third-order valence-electron chi connectivity index (χ3n) is 4.64. The zero-order chi connectivity index (χ0) is 17.0. The van der Waals surface area contributed by atoms with Crippen LogP contribution in [0.1, 0.15) is 43.9 Å². The highest BCUT2D eigenvalue weighted by Crippen LogP contribution is 2.34. The SMILES string of the molecule is CCC(CC)C(=O)N1CCC(c2ccccc2Cl)S(=O)(=O)CC1. The summed E-state index contributed by atoms with van der Waals surface area (Å²) in [5, 5.41) is -0.156. The Bertz CT molecular complexity index is 656. The van der Waals surface area contributed by atoms with Crippen LogP contribution in [-0.2, 0) is 14.6 Å². The van der Waals surface area contributed by atoms with Gasteiger partial charge < -0.3 is 4.90 Å². The van der Waals surface area contributed by atoms with Gasteiger partial charge >= 0.3 is 0 Å². The Morgan fingerprint density at radius 3 is 2.52 bits per heavy atom. The van der Waals surface area contributed by atoms with Crippen molar-refractivity contribution in [3.63, 3.8) is 0 Å². The second kappa shape index (κ2) is 7.67. The van der Waals surface area contributed by atoms with Gasteiger partial charge in [-0.15, -0.1) is 0 Å². The zero-order valence-corrected chi connectivity index (χ0v) is 15.2. The Kier molecular flexibility index (Phi) is 6.09. The lowest BCUT2D eigenvalue weighted by Gasteiger charge is -2.24. The quantitative estimate of drug-likeness (QED) is 0.829. The normalized spacial score (nSPS) is 21.2. The van der Waals surface area contributed by atoms with E-state index in [1.165, 1.54) is 0 Å². The Labute approximate surface area is 143 Å². The van der Waals surface area contributed by atoms with Crippen molar-refractivity contribution < 1.29 is 13.2 Å². The fraction of sp³-hybridized carbons (Fsp3) is 0.588. The molecule has 1 amide bonds. The zero-order valence-electron chi connectivity index (χ0n) is 13.7. The first kappa shape index (κ1) is 18.3. The van der Waals surface area contributed by atoms with Crippen LogP contribution in [0.4, 0.5) is 0 Å². The molecule has 0 bridgehead atoms. The highest BCUT2D eigenvalue weighted by molar-refractivity contribution is 7.91. The van der Waals surface area contributed by atoms with Crippen LogP contribution in [-0.4, -0.2) is 38.1 Å². The monoisotopic (exact) mass is 357 g/mol. The van der Waals surface area contributed by atoms with E-state index in [9.17, 15) is 13.2 Å². The van der Waals surface area contributed by atoms with Gasteiger partial charge in [0.2, 0.25) is 5.91 Å². The highest BCUT2D eigenvalue weighted by Gasteiger charge is 2.34. The molecular weight excluding hydrogens is 334 g/mol. The predicted octanol–water partition coefficient (Wildman–Crippen LogP) is 3.46. The van der Waals surface area contributed by atoms with Gasteiger partial charge in [0.1, 0.15) is 0 Å². The molecule has 128 valence electrons. The van der Waals surface area contributed by atoms with Gasteiger partial charge in [-0.3, -0.25) is 4.79 Å². The van der Waals surface area contributed by atoms with Crippen molar-refractivity contribution in [3.05, 3.63) is 34.9 Å². The minimum Gasteiger partial charge on any atom is -0.341 e. The highest BCUT2D eigenvalue weighted by atomic mass is 35.5. The van der Waals surface area contributed by atoms with Crippen molar-refractivity contribution in [2.75, 3.05) is 18.8 Å². The summed E-state index contributed by atoms with van der Waals surface area (Å²) in [6.07, 6.45) is 1.97. The number of carbonyl (C=O) groups excluding carboxylic acids is 1. The maximum Gasteiger partial charge on any atom is 0.225 e. The van der Waals surface area contributed by atoms with Crippen molar-refractivity contribution in [2.24, 2.45) is 5.92 Å². The molecule has 1 aliphatic rings. The fourth-order valence-electron chi connectivity index (χ4n) is 3.15. The minimum absolute atomic E-state index is 0.00518. The molecule has 0 aromatic heterocycles. The van der Waals surface area contributed by atoms with Gasteiger partial charge in [0.25, 0.3) is 0 Å². The van der Waals surface area contributed by atoms with Crippen LogP contribution >= 0.6 is 11.6 Å². The summed E-state index contributed by atoms with van der Waals surface area (Å²) in [4.78, 5) is 14.3. The molecule has 0 N–H and O–H groups in total. The van der Waals surface area contributed by atoms with Crippen LogP contribution in [0.25, 0.3) is 0 Å². The van der Waals surface area contributed by atoms with E-state index in [-0.39, 0.29) is 24.1 Å². The van der Waals surface area contributed by atoms with Gasteiger partial charge in [-0.1, -0.05) is 43.6 Å². The molecule has 0 aliphatic carbocycles. The smallest absolute Gasteiger partial charge is 0.225 e. The molecule has 0 spiro atoms. The first-order valence-corrected chi connectivity index (χ1v) is 10.2. The topological polar surface area (TPSA) is 54.5 Å². The second-order valence-electron chi connectivity index (χ2n) is 6.00. The van der Waals surface area contributed by atoms with Crippen LogP contribution in [0.2, 0.25) is 5.02 Å². The lowest BCUT2D eigenvalue weighted by molar-refractivity contribution is -0.135. The number of rotatable bonds is 4. The average molecular weight is 358 g/mol. The summed E-state index contributed by atoms with van der Waals surface area (Å²) < 4.78 is 25.3. The lowest BCUT2D eigenvalue weighted by atomic mass is 10.0. The molecule has 1 heterocycles. The Morgan fingerprint density at radius 1 is 1.26 bits per heavy atom. The third-order valence-corrected chi connectivity index (χ3v) is 7.09. The maximum absolute atomic E-state index is 12.6. The van der Waals surface area contributed by atoms with E-state index in [1.807, 2.05) is 13.8 Å². The summed E-state index contributed by atoms with van der Waals surface area (Å²) in [6.45, 7) is 4.73. The molecule has 23 heavy (non-hydrogen) atoms. The van der Waals surface area contributed by atoms with E-state index in [2.05, 4.69) is 0 Å². The summed E-state index contributed by atoms with van der Waals surface area (Å²) in [5.41, 5.74) is 0.644. The number of carbonyl (C=O) groups is 1. The molecule has 0 radical (unpaired) electrons. The van der Waals surface area contributed by atoms with Crippen LogP contribution in [0.3, 0.4) is 0 Å². The van der Waals surface area contributed by atoms with Crippen molar-refractivity contribution >= 4 is 27.3 Å². The Hall–Kier alpha value is -1.07. The summed E-state index contributed by atoms with van der Waals surface area (Å²) in [6, 6.07) is 7.07. The number of benzene rings is 1. The van der Waals surface area contributed by atoms with Gasteiger partial charge in [0.15, 0.2) is 9.84 Å². The van der Waals surface area contributed by atoms with Gasteiger partial charge in [0.05, 0.1) is 11.0 Å². The largest absolute Gasteiger partial charge is 0.341 e. The summed E-state index contributed by atoms with van der Waals surface area (Å²) in [7, 11) is -3.32. The third kappa shape index (κ3) is 4.07. The number of nitrogens with zero attached hydrogens (tertiary/aromatic N) is 1. The van der Waals surface area contributed by atoms with Gasteiger partial charge in [-0.2, -0.15) is 0 Å². The first-order valence-electron chi connectivity index (χ1n) is 8.15. The molecule has 1 atom stereocenters. The van der Waals surface area contributed by atoms with Crippen LogP contribution in [0.15, 0.2) is 24.3 Å². The number of hydrogen-bond donors (Lipinski definition) is 0. The molecular formula is C17H24ClNO3S. The van der Waals surface area contributed by atoms with Gasteiger partial charge in [-0.25, -0.2) is 8.42 Å². The van der Waals surface area contributed by atoms with Crippen molar-refractivity contribution in [1.82, 2.24) is 4.90 Å². The Morgan fingerprint density at radius 2 is 1.91 bits per heavy atom. The molecule has 1 unspecified atom stereocenters. The number of sulfone groups is 1. The molecule has 1 fully saturated rings. The number of hydrogen-bond acceptors (Lipinski definition) is 3. The van der Waals surface area contributed by atoms with Crippen molar-refractivity contribution in [2.45, 2.75) is 38.4 Å². The average Bonchev–Trinajstić information content (AvgIpc) is 2.67. The van der Waals surface area contributed by atoms with Crippen LogP contribution < -0.4 is 0 Å². The van der Waals surface area contributed by atoms with Crippen molar-refractivity contribution in [1.29, 1.82) is 0 Å². The minimum atomic E-state index is -3.32. The second-order valence-corrected chi connectivity index (χ2v) is 8.71. The van der Waals surface area contributed by atoms with E-state index in [1.54, 1.807) is 29.2 Å². The van der Waals surface area contributed by atoms with Crippen LogP contribution in [0, 0.1) is 5.92 Å². The van der Waals surface area contributed by atoms with Gasteiger partial charge in [-0.05, 0) is 30.9 Å². The molecule has 1 aromatic carbocycles. The molecule has 1 aliphatic heterocycles. The summed E-state index contributed by atoms with van der Waals surface area (Å²) in [5.74, 6) is 0.0500. The van der Waals surface area contributed by atoms with E-state index < -0.39 is 15.1 Å². The number of amides is 1. The van der Waals surface area contributed by atoms with Gasteiger partial charge in [0, 0.05) is 24.0 Å². The van der Waals surface area contributed by atoms with Crippen molar-refractivity contribution in [3.8, 4) is 0 Å². The molecule has 0 saturated carbocycles. The standard InChI is InChI=1S/C17H24ClNO3S/c1-3-13(4-2)17(20)19-10-9-16(23(21,22)12-11-19)14-7-5-6-8-15(14)18/h5-8,13,16H,3-4,9-12H2,1-2H3. The molecule has 1 aromatic rings. The molecule has 1 saturated heterocycles. The predicted molar refractivity (Wildman–Crippen MR) is 93.2 cm³/mol. The summed E-state index contributed by atoms with van der Waals surface area (Å²) >= 11 is 6.19. The number of halogens is 1. The van der Waals surface area contributed by atoms with E-state index in [0.717, 1.165) is 12.8 Å². The lowest BCUT2D eigenvalue weighted by Crippen LogP contribution is -2.37. The fourth-order valence-corrected chi connectivity index (χ4v) is 5.29. The van der Waals surface area contributed by atoms with E-state index in [0.29, 0.717) is 23.6 Å².